The van der Waals surface area contributed by atoms with E-state index in [9.17, 15) is 10.2 Å². The smallest absolute Gasteiger partial charge is 0.159 e. The molecule has 0 unspecified atom stereocenters. The lowest BCUT2D eigenvalue weighted by atomic mass is 10.3. The number of benzene rings is 1. The molecular weight excluding hydrogens is 325 g/mol. The van der Waals surface area contributed by atoms with Crippen LogP contribution in [0.5, 0.6) is 11.5 Å². The van der Waals surface area contributed by atoms with Gasteiger partial charge >= 0.3 is 0 Å². The highest BCUT2D eigenvalue weighted by Gasteiger charge is 2.11. The quantitative estimate of drug-likeness (QED) is 0.558. The van der Waals surface area contributed by atoms with Crippen LogP contribution in [0.4, 0.5) is 0 Å². The first-order valence-corrected chi connectivity index (χ1v) is 5.44. The van der Waals surface area contributed by atoms with Gasteiger partial charge in [0.15, 0.2) is 11.5 Å². The number of hydrogen-bond acceptors (Lipinski definition) is 5. The third kappa shape index (κ3) is 1.83. The topological polar surface area (TPSA) is 91.4 Å². The summed E-state index contributed by atoms with van der Waals surface area (Å²) in [6.45, 7) is -0.192. The molecule has 0 aliphatic carbocycles. The van der Waals surface area contributed by atoms with E-state index in [1.165, 1.54) is 16.8 Å². The molecule has 7 heteroatoms. The largest absolute Gasteiger partial charge is 0.504 e. The summed E-state index contributed by atoms with van der Waals surface area (Å²) in [7, 11) is 0. The summed E-state index contributed by atoms with van der Waals surface area (Å²) in [6, 6.07) is 4.32. The Hall–Kier alpha value is -1.35. The second-order valence-corrected chi connectivity index (χ2v) is 4.09. The van der Waals surface area contributed by atoms with Crippen molar-refractivity contribution >= 4 is 22.6 Å². The van der Waals surface area contributed by atoms with E-state index < -0.39 is 0 Å². The van der Waals surface area contributed by atoms with E-state index in [1.54, 1.807) is 6.07 Å². The lowest BCUT2D eigenvalue weighted by Gasteiger charge is -2.04. The van der Waals surface area contributed by atoms with Gasteiger partial charge in [0.1, 0.15) is 9.39 Å². The molecule has 0 aliphatic heterocycles. The van der Waals surface area contributed by atoms with Gasteiger partial charge in [-0.25, -0.2) is 4.68 Å². The van der Waals surface area contributed by atoms with Crippen LogP contribution in [0.15, 0.2) is 18.2 Å². The molecule has 0 radical (unpaired) electrons. The highest BCUT2D eigenvalue weighted by atomic mass is 127. The Bertz CT molecular complexity index is 527. The summed E-state index contributed by atoms with van der Waals surface area (Å²) in [5.74, 6) is -0.421. The molecule has 0 aliphatic rings. The molecule has 2 aromatic rings. The lowest BCUT2D eigenvalue weighted by molar-refractivity contribution is 0.276. The SMILES string of the molecule is OCc1nnn(-c2ccc(O)c(O)c2)c1I. The van der Waals surface area contributed by atoms with Crippen molar-refractivity contribution in [3.63, 3.8) is 0 Å². The molecular formula is C9H8IN3O3. The molecule has 0 atom stereocenters. The number of aromatic nitrogens is 3. The summed E-state index contributed by atoms with van der Waals surface area (Å²) in [6.07, 6.45) is 0. The van der Waals surface area contributed by atoms with Gasteiger partial charge in [0.2, 0.25) is 0 Å². The highest BCUT2D eigenvalue weighted by molar-refractivity contribution is 14.1. The van der Waals surface area contributed by atoms with E-state index in [0.29, 0.717) is 15.1 Å². The van der Waals surface area contributed by atoms with Crippen molar-refractivity contribution in [2.24, 2.45) is 0 Å². The first-order chi connectivity index (χ1) is 7.63. The van der Waals surface area contributed by atoms with Crippen LogP contribution in [0.1, 0.15) is 5.69 Å². The van der Waals surface area contributed by atoms with Gasteiger partial charge < -0.3 is 15.3 Å². The van der Waals surface area contributed by atoms with Crippen LogP contribution in [-0.2, 0) is 6.61 Å². The van der Waals surface area contributed by atoms with E-state index in [1.807, 2.05) is 22.6 Å². The fraction of sp³-hybridized carbons (Fsp3) is 0.111. The van der Waals surface area contributed by atoms with Crippen LogP contribution in [0.2, 0.25) is 0 Å². The number of rotatable bonds is 2. The maximum absolute atomic E-state index is 9.35. The van der Waals surface area contributed by atoms with Crippen LogP contribution in [0.25, 0.3) is 5.69 Å². The fourth-order valence-electron chi connectivity index (χ4n) is 1.21. The molecule has 16 heavy (non-hydrogen) atoms. The van der Waals surface area contributed by atoms with Gasteiger partial charge in [0.25, 0.3) is 0 Å². The van der Waals surface area contributed by atoms with E-state index in [2.05, 4.69) is 10.3 Å². The minimum absolute atomic E-state index is 0.192. The molecule has 0 saturated heterocycles. The summed E-state index contributed by atoms with van der Waals surface area (Å²) in [4.78, 5) is 0. The van der Waals surface area contributed by atoms with Crippen molar-refractivity contribution in [3.05, 3.63) is 27.6 Å². The Morgan fingerprint density at radius 2 is 2.00 bits per heavy atom. The average Bonchev–Trinajstić information content (AvgIpc) is 2.64. The van der Waals surface area contributed by atoms with Crippen LogP contribution in [0, 0.1) is 3.70 Å². The van der Waals surface area contributed by atoms with Crippen molar-refractivity contribution in [1.29, 1.82) is 0 Å². The van der Waals surface area contributed by atoms with E-state index in [0.717, 1.165) is 0 Å². The maximum Gasteiger partial charge on any atom is 0.159 e. The average molecular weight is 333 g/mol. The predicted molar refractivity (Wildman–Crippen MR) is 63.3 cm³/mol. The molecule has 2 rings (SSSR count). The normalized spacial score (nSPS) is 10.6. The molecule has 0 amide bonds. The molecule has 6 nitrogen and oxygen atoms in total. The van der Waals surface area contributed by atoms with Crippen LogP contribution in [0.3, 0.4) is 0 Å². The van der Waals surface area contributed by atoms with Crippen molar-refractivity contribution in [2.75, 3.05) is 0 Å². The molecule has 84 valence electrons. The zero-order valence-electron chi connectivity index (χ0n) is 8.00. The molecule has 3 N–H and O–H groups in total. The van der Waals surface area contributed by atoms with Crippen LogP contribution in [-0.4, -0.2) is 30.3 Å². The van der Waals surface area contributed by atoms with Crippen LogP contribution < -0.4 is 0 Å². The Labute approximate surface area is 104 Å². The van der Waals surface area contributed by atoms with Crippen molar-refractivity contribution < 1.29 is 15.3 Å². The number of aliphatic hydroxyl groups is 1. The zero-order chi connectivity index (χ0) is 11.7. The number of phenolic OH excluding ortho intramolecular Hbond substituents is 2. The first-order valence-electron chi connectivity index (χ1n) is 4.36. The standard InChI is InChI=1S/C9H8IN3O3/c10-9-6(4-14)11-12-13(9)5-1-2-7(15)8(16)3-5/h1-3,14-16H,4H2. The summed E-state index contributed by atoms with van der Waals surface area (Å²) in [5, 5.41) is 35.1. The molecule has 1 heterocycles. The molecule has 0 saturated carbocycles. The third-order valence-electron chi connectivity index (χ3n) is 2.03. The van der Waals surface area contributed by atoms with Gasteiger partial charge in [-0.15, -0.1) is 5.10 Å². The van der Waals surface area contributed by atoms with Gasteiger partial charge in [-0.2, -0.15) is 0 Å². The summed E-state index contributed by atoms with van der Waals surface area (Å²) >= 11 is 1.99. The third-order valence-corrected chi connectivity index (χ3v) is 3.11. The minimum atomic E-state index is -0.227. The second-order valence-electron chi connectivity index (χ2n) is 3.07. The molecule has 0 spiro atoms. The zero-order valence-corrected chi connectivity index (χ0v) is 10.2. The number of hydrogen-bond donors (Lipinski definition) is 3. The monoisotopic (exact) mass is 333 g/mol. The number of phenols is 2. The Kier molecular flexibility index (Phi) is 2.97. The lowest BCUT2D eigenvalue weighted by Crippen LogP contribution is -1.99. The van der Waals surface area contributed by atoms with Crippen LogP contribution >= 0.6 is 22.6 Å². The van der Waals surface area contributed by atoms with Gasteiger partial charge in [-0.3, -0.25) is 0 Å². The minimum Gasteiger partial charge on any atom is -0.504 e. The van der Waals surface area contributed by atoms with Gasteiger partial charge in [-0.05, 0) is 34.7 Å². The Morgan fingerprint density at radius 3 is 2.56 bits per heavy atom. The first kappa shape index (κ1) is 11.1. The van der Waals surface area contributed by atoms with Gasteiger partial charge in [0, 0.05) is 6.07 Å². The highest BCUT2D eigenvalue weighted by Crippen LogP contribution is 2.27. The Balaban J connectivity index is 2.50. The number of halogens is 1. The van der Waals surface area contributed by atoms with Crippen molar-refractivity contribution in [1.82, 2.24) is 15.0 Å². The van der Waals surface area contributed by atoms with Gasteiger partial charge in [0.05, 0.1) is 12.3 Å². The summed E-state index contributed by atoms with van der Waals surface area (Å²) in [5.41, 5.74) is 1.03. The molecule has 0 bridgehead atoms. The maximum atomic E-state index is 9.35. The molecule has 1 aromatic carbocycles. The predicted octanol–water partition coefficient (Wildman–Crippen LogP) is 0.775. The van der Waals surface area contributed by atoms with E-state index >= 15 is 0 Å². The van der Waals surface area contributed by atoms with E-state index in [-0.39, 0.29) is 18.1 Å². The number of aliphatic hydroxyl groups excluding tert-OH is 1. The van der Waals surface area contributed by atoms with Gasteiger partial charge in [-0.1, -0.05) is 5.21 Å². The number of aromatic hydroxyl groups is 2. The summed E-state index contributed by atoms with van der Waals surface area (Å²) < 4.78 is 2.12. The second kappa shape index (κ2) is 4.26. The van der Waals surface area contributed by atoms with Crippen molar-refractivity contribution in [3.8, 4) is 17.2 Å². The Morgan fingerprint density at radius 1 is 1.25 bits per heavy atom. The van der Waals surface area contributed by atoms with Crippen molar-refractivity contribution in [2.45, 2.75) is 6.61 Å². The fourth-order valence-corrected chi connectivity index (χ4v) is 1.86. The van der Waals surface area contributed by atoms with E-state index in [4.69, 9.17) is 5.11 Å². The number of nitrogens with zero attached hydrogens (tertiary/aromatic N) is 3. The molecule has 1 aromatic heterocycles. The molecule has 0 fully saturated rings.